The number of nitrogen functional groups attached to an aromatic ring is 1. The van der Waals surface area contributed by atoms with Gasteiger partial charge in [0.25, 0.3) is 5.91 Å². The lowest BCUT2D eigenvalue weighted by Gasteiger charge is -2.26. The first-order valence-corrected chi connectivity index (χ1v) is 8.02. The van der Waals surface area contributed by atoms with Crippen molar-refractivity contribution in [1.82, 2.24) is 15.1 Å². The van der Waals surface area contributed by atoms with Gasteiger partial charge in [0.1, 0.15) is 17.1 Å². The lowest BCUT2D eigenvalue weighted by molar-refractivity contribution is 0.0914. The molecular weight excluding hydrogens is 304 g/mol. The quantitative estimate of drug-likeness (QED) is 0.853. The predicted octanol–water partition coefficient (Wildman–Crippen LogP) is 2.81. The Balaban J connectivity index is 2.08. The average molecular weight is 330 g/mol. The van der Waals surface area contributed by atoms with Gasteiger partial charge in [-0.1, -0.05) is 12.1 Å². The number of ether oxygens (including phenoxy) is 1. The number of carbonyl (C=O) groups is 1. The van der Waals surface area contributed by atoms with Crippen molar-refractivity contribution in [3.8, 4) is 5.75 Å². The van der Waals surface area contributed by atoms with E-state index in [1.54, 1.807) is 11.8 Å². The van der Waals surface area contributed by atoms with Crippen LogP contribution in [0.15, 0.2) is 30.5 Å². The molecule has 24 heavy (non-hydrogen) atoms. The summed E-state index contributed by atoms with van der Waals surface area (Å²) in [4.78, 5) is 12.5. The number of amides is 1. The van der Waals surface area contributed by atoms with Gasteiger partial charge in [-0.05, 0) is 51.8 Å². The van der Waals surface area contributed by atoms with E-state index >= 15 is 0 Å². The Morgan fingerprint density at radius 2 is 1.96 bits per heavy atom. The van der Waals surface area contributed by atoms with Crippen LogP contribution in [0.1, 0.15) is 49.7 Å². The Labute approximate surface area is 143 Å². The van der Waals surface area contributed by atoms with Crippen LogP contribution >= 0.6 is 0 Å². The number of nitrogens with two attached hydrogens (primary N) is 1. The standard InChI is InChI=1S/C18H26N4O2/c1-12(2)22-16(19)15(11-20-22)17(23)21-18(3,4)10-13-6-8-14(24-5)9-7-13/h6-9,11-12H,10,19H2,1-5H3,(H,21,23). The minimum Gasteiger partial charge on any atom is -0.497 e. The van der Waals surface area contributed by atoms with Gasteiger partial charge >= 0.3 is 0 Å². The average Bonchev–Trinajstić information content (AvgIpc) is 2.89. The Morgan fingerprint density at radius 3 is 2.46 bits per heavy atom. The SMILES string of the molecule is COc1ccc(CC(C)(C)NC(=O)c2cnn(C(C)C)c2N)cc1. The molecule has 0 aliphatic rings. The molecule has 130 valence electrons. The maximum atomic E-state index is 12.5. The van der Waals surface area contributed by atoms with E-state index in [0.717, 1.165) is 11.3 Å². The van der Waals surface area contributed by atoms with Gasteiger partial charge in [0.05, 0.1) is 13.3 Å². The summed E-state index contributed by atoms with van der Waals surface area (Å²) >= 11 is 0. The van der Waals surface area contributed by atoms with Crippen LogP contribution in [0.2, 0.25) is 0 Å². The molecule has 1 aromatic heterocycles. The second-order valence-electron chi connectivity index (χ2n) is 6.84. The number of anilines is 1. The zero-order valence-corrected chi connectivity index (χ0v) is 15.0. The minimum atomic E-state index is -0.419. The highest BCUT2D eigenvalue weighted by Crippen LogP contribution is 2.20. The molecule has 0 aliphatic heterocycles. The van der Waals surface area contributed by atoms with Gasteiger partial charge in [-0.15, -0.1) is 0 Å². The molecule has 1 heterocycles. The third kappa shape index (κ3) is 4.07. The maximum Gasteiger partial charge on any atom is 0.257 e. The predicted molar refractivity (Wildman–Crippen MR) is 95.3 cm³/mol. The topological polar surface area (TPSA) is 82.2 Å². The molecule has 0 saturated heterocycles. The van der Waals surface area contributed by atoms with Crippen molar-refractivity contribution in [2.75, 3.05) is 12.8 Å². The number of rotatable bonds is 6. The fraction of sp³-hybridized carbons (Fsp3) is 0.444. The first-order valence-electron chi connectivity index (χ1n) is 8.02. The monoisotopic (exact) mass is 330 g/mol. The van der Waals surface area contributed by atoms with E-state index in [1.165, 1.54) is 6.20 Å². The normalized spacial score (nSPS) is 11.6. The molecule has 0 unspecified atom stereocenters. The van der Waals surface area contributed by atoms with Crippen LogP contribution in [-0.4, -0.2) is 28.3 Å². The van der Waals surface area contributed by atoms with E-state index < -0.39 is 5.54 Å². The van der Waals surface area contributed by atoms with Crippen LogP contribution in [0, 0.1) is 0 Å². The number of hydrogen-bond donors (Lipinski definition) is 2. The van der Waals surface area contributed by atoms with Crippen molar-refractivity contribution in [3.63, 3.8) is 0 Å². The molecule has 2 rings (SSSR count). The van der Waals surface area contributed by atoms with Crippen molar-refractivity contribution in [2.24, 2.45) is 0 Å². The Kier molecular flexibility index (Phi) is 5.17. The van der Waals surface area contributed by atoms with Gasteiger partial charge in [0, 0.05) is 11.6 Å². The summed E-state index contributed by atoms with van der Waals surface area (Å²) in [7, 11) is 1.64. The summed E-state index contributed by atoms with van der Waals surface area (Å²) in [6, 6.07) is 7.94. The highest BCUT2D eigenvalue weighted by Gasteiger charge is 2.24. The number of benzene rings is 1. The molecule has 3 N–H and O–H groups in total. The van der Waals surface area contributed by atoms with E-state index in [-0.39, 0.29) is 11.9 Å². The number of hydrogen-bond acceptors (Lipinski definition) is 4. The van der Waals surface area contributed by atoms with Gasteiger partial charge < -0.3 is 15.8 Å². The molecule has 0 saturated carbocycles. The molecule has 0 fully saturated rings. The zero-order valence-electron chi connectivity index (χ0n) is 15.0. The largest absolute Gasteiger partial charge is 0.497 e. The van der Waals surface area contributed by atoms with Gasteiger partial charge in [-0.3, -0.25) is 4.79 Å². The van der Waals surface area contributed by atoms with E-state index in [0.29, 0.717) is 17.8 Å². The molecule has 0 aliphatic carbocycles. The lowest BCUT2D eigenvalue weighted by Crippen LogP contribution is -2.45. The van der Waals surface area contributed by atoms with Crippen LogP contribution < -0.4 is 15.8 Å². The van der Waals surface area contributed by atoms with E-state index in [1.807, 2.05) is 52.0 Å². The second-order valence-corrected chi connectivity index (χ2v) is 6.84. The fourth-order valence-corrected chi connectivity index (χ4v) is 2.63. The molecular formula is C18H26N4O2. The number of nitrogens with zero attached hydrogens (tertiary/aromatic N) is 2. The van der Waals surface area contributed by atoms with Crippen LogP contribution in [0.3, 0.4) is 0 Å². The first kappa shape index (κ1) is 17.8. The summed E-state index contributed by atoms with van der Waals surface area (Å²) in [6.45, 7) is 7.91. The maximum absolute atomic E-state index is 12.5. The Bertz CT molecular complexity index is 702. The molecule has 1 aromatic carbocycles. The first-order chi connectivity index (χ1) is 11.2. The summed E-state index contributed by atoms with van der Waals surface area (Å²) in [6.07, 6.45) is 2.22. The lowest BCUT2D eigenvalue weighted by atomic mass is 9.94. The Morgan fingerprint density at radius 1 is 1.33 bits per heavy atom. The second kappa shape index (κ2) is 6.95. The summed E-state index contributed by atoms with van der Waals surface area (Å²) in [5.74, 6) is 0.995. The third-order valence-electron chi connectivity index (χ3n) is 3.82. The van der Waals surface area contributed by atoms with E-state index in [9.17, 15) is 4.79 Å². The summed E-state index contributed by atoms with van der Waals surface area (Å²) in [5.41, 5.74) is 7.14. The van der Waals surface area contributed by atoms with E-state index in [2.05, 4.69) is 10.4 Å². The van der Waals surface area contributed by atoms with Crippen molar-refractivity contribution in [3.05, 3.63) is 41.6 Å². The molecule has 6 nitrogen and oxygen atoms in total. The van der Waals surface area contributed by atoms with Crippen molar-refractivity contribution in [2.45, 2.75) is 45.7 Å². The van der Waals surface area contributed by atoms with Gasteiger partial charge in [-0.2, -0.15) is 5.10 Å². The Hall–Kier alpha value is -2.50. The van der Waals surface area contributed by atoms with Crippen LogP contribution in [0.4, 0.5) is 5.82 Å². The van der Waals surface area contributed by atoms with Gasteiger partial charge in [0.2, 0.25) is 0 Å². The van der Waals surface area contributed by atoms with Crippen LogP contribution in [0.5, 0.6) is 5.75 Å². The highest BCUT2D eigenvalue weighted by atomic mass is 16.5. The number of methoxy groups -OCH3 is 1. The molecule has 1 amide bonds. The molecule has 0 bridgehead atoms. The van der Waals surface area contributed by atoms with Gasteiger partial charge in [0.15, 0.2) is 0 Å². The van der Waals surface area contributed by atoms with Crippen LogP contribution in [-0.2, 0) is 6.42 Å². The molecule has 0 spiro atoms. The smallest absolute Gasteiger partial charge is 0.257 e. The number of carbonyl (C=O) groups excluding carboxylic acids is 1. The molecule has 6 heteroatoms. The molecule has 0 atom stereocenters. The number of aromatic nitrogens is 2. The molecule has 2 aromatic rings. The van der Waals surface area contributed by atoms with Crippen molar-refractivity contribution >= 4 is 11.7 Å². The van der Waals surface area contributed by atoms with Crippen molar-refractivity contribution in [1.29, 1.82) is 0 Å². The van der Waals surface area contributed by atoms with E-state index in [4.69, 9.17) is 10.5 Å². The summed E-state index contributed by atoms with van der Waals surface area (Å²) in [5, 5.41) is 7.23. The van der Waals surface area contributed by atoms with Gasteiger partial charge in [-0.25, -0.2) is 4.68 Å². The van der Waals surface area contributed by atoms with Crippen molar-refractivity contribution < 1.29 is 9.53 Å². The number of nitrogens with one attached hydrogen (secondary N) is 1. The third-order valence-corrected chi connectivity index (χ3v) is 3.82. The van der Waals surface area contributed by atoms with Crippen LogP contribution in [0.25, 0.3) is 0 Å². The highest BCUT2D eigenvalue weighted by molar-refractivity contribution is 5.98. The minimum absolute atomic E-state index is 0.110. The summed E-state index contributed by atoms with van der Waals surface area (Å²) < 4.78 is 6.81. The fourth-order valence-electron chi connectivity index (χ4n) is 2.63. The molecule has 0 radical (unpaired) electrons. The zero-order chi connectivity index (χ0) is 17.9.